The van der Waals surface area contributed by atoms with Gasteiger partial charge in [0.15, 0.2) is 0 Å². The Hall–Kier alpha value is -1.82. The number of likely N-dealkylation sites (tertiary alicyclic amines) is 1. The van der Waals surface area contributed by atoms with Gasteiger partial charge in [0.1, 0.15) is 11.6 Å². The van der Waals surface area contributed by atoms with Crippen molar-refractivity contribution < 1.29 is 13.9 Å². The Morgan fingerprint density at radius 1 is 0.966 bits per heavy atom. The summed E-state index contributed by atoms with van der Waals surface area (Å²) in [7, 11) is 2.09. The molecule has 29 heavy (non-hydrogen) atoms. The second-order valence-corrected chi connectivity index (χ2v) is 8.07. The molecule has 0 aliphatic carbocycles. The molecule has 1 fully saturated rings. The first-order valence-electron chi connectivity index (χ1n) is 10.6. The lowest BCUT2D eigenvalue weighted by molar-refractivity contribution is 0.110. The van der Waals surface area contributed by atoms with Crippen molar-refractivity contribution in [1.29, 1.82) is 0 Å². The zero-order valence-corrected chi connectivity index (χ0v) is 17.2. The van der Waals surface area contributed by atoms with Crippen molar-refractivity contribution in [1.82, 2.24) is 9.80 Å². The molecular formula is C24H32F2N2O. The zero-order valence-electron chi connectivity index (χ0n) is 17.2. The van der Waals surface area contributed by atoms with Crippen molar-refractivity contribution in [2.45, 2.75) is 37.6 Å². The first-order chi connectivity index (χ1) is 14.1. The van der Waals surface area contributed by atoms with Crippen LogP contribution in [0.5, 0.6) is 0 Å². The van der Waals surface area contributed by atoms with Crippen LogP contribution in [0.1, 0.15) is 42.7 Å². The third kappa shape index (κ3) is 6.33. The van der Waals surface area contributed by atoms with Gasteiger partial charge >= 0.3 is 0 Å². The lowest BCUT2D eigenvalue weighted by Crippen LogP contribution is -2.44. The topological polar surface area (TPSA) is 26.7 Å². The van der Waals surface area contributed by atoms with Gasteiger partial charge in [-0.05, 0) is 87.8 Å². The summed E-state index contributed by atoms with van der Waals surface area (Å²) in [6, 6.07) is 13.9. The summed E-state index contributed by atoms with van der Waals surface area (Å²) in [5.74, 6) is -0.328. The smallest absolute Gasteiger partial charge is 0.123 e. The van der Waals surface area contributed by atoms with E-state index in [-0.39, 0.29) is 24.2 Å². The Kier molecular flexibility index (Phi) is 8.16. The normalized spacial score (nSPS) is 16.1. The molecule has 5 heteroatoms. The fraction of sp³-hybridized carbons (Fsp3) is 0.500. The van der Waals surface area contributed by atoms with E-state index in [9.17, 15) is 8.78 Å². The van der Waals surface area contributed by atoms with E-state index in [0.29, 0.717) is 6.04 Å². The number of hydrogen-bond acceptors (Lipinski definition) is 3. The third-order valence-corrected chi connectivity index (χ3v) is 6.15. The minimum atomic E-state index is -0.236. The van der Waals surface area contributed by atoms with E-state index in [2.05, 4.69) is 16.8 Å². The molecule has 2 aromatic rings. The molecule has 0 aromatic heterocycles. The number of aliphatic hydroxyl groups is 1. The second kappa shape index (κ2) is 10.8. The van der Waals surface area contributed by atoms with Crippen molar-refractivity contribution >= 4 is 0 Å². The summed E-state index contributed by atoms with van der Waals surface area (Å²) >= 11 is 0. The first-order valence-corrected chi connectivity index (χ1v) is 10.6. The Morgan fingerprint density at radius 3 is 1.97 bits per heavy atom. The molecule has 0 spiro atoms. The second-order valence-electron chi connectivity index (χ2n) is 8.07. The molecule has 3 rings (SSSR count). The van der Waals surface area contributed by atoms with E-state index < -0.39 is 0 Å². The van der Waals surface area contributed by atoms with Crippen molar-refractivity contribution in [2.75, 3.05) is 39.8 Å². The highest BCUT2D eigenvalue weighted by molar-refractivity contribution is 5.32. The molecule has 2 aromatic carbocycles. The van der Waals surface area contributed by atoms with Crippen LogP contribution in [0.2, 0.25) is 0 Å². The number of hydrogen-bond donors (Lipinski definition) is 1. The highest BCUT2D eigenvalue weighted by Gasteiger charge is 2.22. The van der Waals surface area contributed by atoms with Gasteiger partial charge in [0.25, 0.3) is 0 Å². The van der Waals surface area contributed by atoms with Crippen LogP contribution in [0.25, 0.3) is 0 Å². The van der Waals surface area contributed by atoms with E-state index in [4.69, 9.17) is 5.11 Å². The Labute approximate surface area is 173 Å². The zero-order chi connectivity index (χ0) is 20.6. The van der Waals surface area contributed by atoms with Gasteiger partial charge in [-0.25, -0.2) is 8.78 Å². The number of likely N-dealkylation sites (N-methyl/N-ethyl adjacent to an activating group) is 1. The van der Waals surface area contributed by atoms with Gasteiger partial charge in [-0.3, -0.25) is 0 Å². The predicted octanol–water partition coefficient (Wildman–Crippen LogP) is 4.27. The number of benzene rings is 2. The minimum absolute atomic E-state index is 0.143. The van der Waals surface area contributed by atoms with Gasteiger partial charge in [0.2, 0.25) is 0 Å². The fourth-order valence-corrected chi connectivity index (χ4v) is 4.36. The molecule has 0 bridgehead atoms. The summed E-state index contributed by atoms with van der Waals surface area (Å²) < 4.78 is 26.7. The first kappa shape index (κ1) is 21.9. The Bertz CT molecular complexity index is 682. The van der Waals surface area contributed by atoms with Crippen LogP contribution in [0, 0.1) is 11.6 Å². The monoisotopic (exact) mass is 402 g/mol. The molecule has 0 unspecified atom stereocenters. The lowest BCUT2D eigenvalue weighted by Gasteiger charge is -2.36. The van der Waals surface area contributed by atoms with Crippen LogP contribution in [-0.4, -0.2) is 60.8 Å². The molecule has 0 saturated carbocycles. The maximum atomic E-state index is 13.4. The highest BCUT2D eigenvalue weighted by atomic mass is 19.1. The molecule has 1 aliphatic heterocycles. The maximum absolute atomic E-state index is 13.4. The number of aliphatic hydroxyl groups excluding tert-OH is 1. The van der Waals surface area contributed by atoms with Crippen molar-refractivity contribution in [3.05, 3.63) is 71.3 Å². The third-order valence-electron chi connectivity index (χ3n) is 6.15. The Balaban J connectivity index is 1.55. The van der Waals surface area contributed by atoms with Crippen LogP contribution >= 0.6 is 0 Å². The van der Waals surface area contributed by atoms with Gasteiger partial charge in [0.05, 0.1) is 6.61 Å². The quantitative estimate of drug-likeness (QED) is 0.679. The van der Waals surface area contributed by atoms with Crippen molar-refractivity contribution in [2.24, 2.45) is 0 Å². The van der Waals surface area contributed by atoms with Crippen molar-refractivity contribution in [3.8, 4) is 0 Å². The summed E-state index contributed by atoms with van der Waals surface area (Å²) in [5.41, 5.74) is 2.14. The van der Waals surface area contributed by atoms with E-state index in [1.165, 1.54) is 24.3 Å². The molecule has 0 radical (unpaired) electrons. The van der Waals surface area contributed by atoms with Gasteiger partial charge < -0.3 is 14.9 Å². The molecule has 0 amide bonds. The van der Waals surface area contributed by atoms with Gasteiger partial charge in [-0.1, -0.05) is 24.3 Å². The van der Waals surface area contributed by atoms with Crippen LogP contribution in [0.4, 0.5) is 8.78 Å². The molecular weight excluding hydrogens is 370 g/mol. The number of halogens is 2. The summed E-state index contributed by atoms with van der Waals surface area (Å²) in [6.07, 6.45) is 4.25. The summed E-state index contributed by atoms with van der Waals surface area (Å²) in [4.78, 5) is 4.77. The predicted molar refractivity (Wildman–Crippen MR) is 113 cm³/mol. The maximum Gasteiger partial charge on any atom is 0.123 e. The van der Waals surface area contributed by atoms with Crippen LogP contribution in [0.15, 0.2) is 48.5 Å². The molecule has 1 heterocycles. The average Bonchev–Trinajstić information content (AvgIpc) is 2.74. The van der Waals surface area contributed by atoms with Crippen LogP contribution in [-0.2, 0) is 0 Å². The SMILES string of the molecule is CN(CCO)C1CCN(CCCC(c2ccc(F)cc2)c2ccc(F)cc2)CC1. The standard InChI is InChI=1S/C24H32F2N2O/c1-27(17-18-29)23-12-15-28(16-13-23)14-2-3-24(19-4-8-21(25)9-5-19)20-6-10-22(26)11-7-20/h4-11,23-24,29H,2-3,12-18H2,1H3. The molecule has 1 N–H and O–H groups in total. The van der Waals surface area contributed by atoms with Crippen molar-refractivity contribution in [3.63, 3.8) is 0 Å². The van der Waals surface area contributed by atoms with E-state index in [1.807, 2.05) is 24.3 Å². The van der Waals surface area contributed by atoms with Crippen LogP contribution in [0.3, 0.4) is 0 Å². The van der Waals surface area contributed by atoms with Crippen LogP contribution < -0.4 is 0 Å². The molecule has 158 valence electrons. The number of piperidine rings is 1. The van der Waals surface area contributed by atoms with E-state index in [0.717, 1.165) is 63.0 Å². The minimum Gasteiger partial charge on any atom is -0.395 e. The van der Waals surface area contributed by atoms with Gasteiger partial charge in [0, 0.05) is 18.5 Å². The van der Waals surface area contributed by atoms with E-state index >= 15 is 0 Å². The molecule has 0 atom stereocenters. The molecule has 1 saturated heterocycles. The largest absolute Gasteiger partial charge is 0.395 e. The Morgan fingerprint density at radius 2 is 1.48 bits per heavy atom. The number of rotatable bonds is 9. The highest BCUT2D eigenvalue weighted by Crippen LogP contribution is 2.30. The molecule has 3 nitrogen and oxygen atoms in total. The summed E-state index contributed by atoms with van der Waals surface area (Å²) in [6.45, 7) is 4.15. The fourth-order valence-electron chi connectivity index (χ4n) is 4.36. The van der Waals surface area contributed by atoms with Gasteiger partial charge in [-0.15, -0.1) is 0 Å². The van der Waals surface area contributed by atoms with Gasteiger partial charge in [-0.2, -0.15) is 0 Å². The lowest BCUT2D eigenvalue weighted by atomic mass is 9.87. The average molecular weight is 403 g/mol. The number of nitrogens with zero attached hydrogens (tertiary/aromatic N) is 2. The van der Waals surface area contributed by atoms with E-state index in [1.54, 1.807) is 0 Å². The summed E-state index contributed by atoms with van der Waals surface area (Å²) in [5, 5.41) is 9.11. The molecule has 1 aliphatic rings.